The number of carboxylic acids is 1. The zero-order valence-electron chi connectivity index (χ0n) is 11.1. The highest BCUT2D eigenvalue weighted by atomic mass is 35.5. The number of hydrogen-bond acceptors (Lipinski definition) is 3. The molecular weight excluding hydrogens is 294 g/mol. The van der Waals surface area contributed by atoms with Gasteiger partial charge in [0.15, 0.2) is 0 Å². The van der Waals surface area contributed by atoms with Gasteiger partial charge in [-0.3, -0.25) is 9.48 Å². The lowest BCUT2D eigenvalue weighted by Gasteiger charge is -2.05. The Morgan fingerprint density at radius 1 is 1.43 bits per heavy atom. The highest BCUT2D eigenvalue weighted by molar-refractivity contribution is 6.34. The van der Waals surface area contributed by atoms with Crippen molar-refractivity contribution >= 4 is 35.2 Å². The minimum absolute atomic E-state index is 0.0592. The average Bonchev–Trinajstić information content (AvgIpc) is 2.84. The van der Waals surface area contributed by atoms with Crippen LogP contribution >= 0.6 is 11.6 Å². The van der Waals surface area contributed by atoms with Crippen molar-refractivity contribution in [3.63, 3.8) is 0 Å². The molecule has 0 bridgehead atoms. The van der Waals surface area contributed by atoms with Gasteiger partial charge in [0.2, 0.25) is 5.91 Å². The molecule has 0 fully saturated rings. The monoisotopic (exact) mass is 305 g/mol. The summed E-state index contributed by atoms with van der Waals surface area (Å²) in [6, 6.07) is 4.10. The molecule has 2 N–H and O–H groups in total. The van der Waals surface area contributed by atoms with E-state index in [1.54, 1.807) is 30.2 Å². The minimum atomic E-state index is -1.08. The fourth-order valence-corrected chi connectivity index (χ4v) is 1.85. The van der Waals surface area contributed by atoms with Gasteiger partial charge < -0.3 is 10.4 Å². The number of halogens is 1. The van der Waals surface area contributed by atoms with Crippen LogP contribution in [0.2, 0.25) is 5.02 Å². The van der Waals surface area contributed by atoms with Crippen LogP contribution in [0.5, 0.6) is 0 Å². The number of anilines is 1. The van der Waals surface area contributed by atoms with Crippen LogP contribution in [0.1, 0.15) is 15.9 Å². The Morgan fingerprint density at radius 2 is 2.19 bits per heavy atom. The van der Waals surface area contributed by atoms with Crippen LogP contribution in [-0.4, -0.2) is 26.8 Å². The summed E-state index contributed by atoms with van der Waals surface area (Å²) in [5.74, 6) is -1.45. The van der Waals surface area contributed by atoms with Crippen molar-refractivity contribution in [1.82, 2.24) is 9.78 Å². The van der Waals surface area contributed by atoms with Crippen molar-refractivity contribution in [2.24, 2.45) is 7.05 Å². The Balaban J connectivity index is 2.06. The van der Waals surface area contributed by atoms with Gasteiger partial charge in [0, 0.05) is 24.9 Å². The Bertz CT molecular complexity index is 722. The number of aryl methyl sites for hydroxylation is 1. The van der Waals surface area contributed by atoms with Crippen LogP contribution in [0.25, 0.3) is 6.08 Å². The standard InChI is InChI=1S/C14H12ClN3O3/c1-18-8-9(7-16-18)2-5-13(19)17-12-4-3-10(14(20)21)6-11(12)15/h2-8H,1H3,(H,17,19)(H,20,21). The third-order valence-electron chi connectivity index (χ3n) is 2.63. The predicted molar refractivity (Wildman–Crippen MR) is 79.3 cm³/mol. The van der Waals surface area contributed by atoms with Crippen molar-refractivity contribution in [2.75, 3.05) is 5.32 Å². The Kier molecular flexibility index (Phi) is 4.39. The maximum atomic E-state index is 11.8. The topological polar surface area (TPSA) is 84.2 Å². The first-order valence-corrected chi connectivity index (χ1v) is 6.34. The van der Waals surface area contributed by atoms with Crippen LogP contribution in [0.15, 0.2) is 36.7 Å². The summed E-state index contributed by atoms with van der Waals surface area (Å²) in [5, 5.41) is 15.5. The van der Waals surface area contributed by atoms with Crippen molar-refractivity contribution in [2.45, 2.75) is 0 Å². The lowest BCUT2D eigenvalue weighted by atomic mass is 10.2. The van der Waals surface area contributed by atoms with E-state index >= 15 is 0 Å². The van der Waals surface area contributed by atoms with Gasteiger partial charge in [-0.15, -0.1) is 0 Å². The number of rotatable bonds is 4. The molecule has 0 unspecified atom stereocenters. The van der Waals surface area contributed by atoms with Gasteiger partial charge in [0.25, 0.3) is 0 Å². The second kappa shape index (κ2) is 6.23. The molecular formula is C14H12ClN3O3. The summed E-state index contributed by atoms with van der Waals surface area (Å²) in [4.78, 5) is 22.5. The van der Waals surface area contributed by atoms with E-state index in [1.165, 1.54) is 24.3 Å². The highest BCUT2D eigenvalue weighted by Gasteiger charge is 2.08. The zero-order valence-corrected chi connectivity index (χ0v) is 11.8. The molecule has 0 radical (unpaired) electrons. The number of amides is 1. The van der Waals surface area contributed by atoms with E-state index in [4.69, 9.17) is 16.7 Å². The minimum Gasteiger partial charge on any atom is -0.478 e. The number of nitrogens with zero attached hydrogens (tertiary/aromatic N) is 2. The molecule has 2 aromatic rings. The number of hydrogen-bond donors (Lipinski definition) is 2. The number of benzene rings is 1. The number of nitrogens with one attached hydrogen (secondary N) is 1. The van der Waals surface area contributed by atoms with Crippen molar-refractivity contribution in [3.8, 4) is 0 Å². The van der Waals surface area contributed by atoms with Crippen molar-refractivity contribution in [1.29, 1.82) is 0 Å². The van der Waals surface area contributed by atoms with E-state index in [9.17, 15) is 9.59 Å². The van der Waals surface area contributed by atoms with Crippen LogP contribution in [0, 0.1) is 0 Å². The fourth-order valence-electron chi connectivity index (χ4n) is 1.62. The summed E-state index contributed by atoms with van der Waals surface area (Å²) in [5.41, 5.74) is 1.20. The van der Waals surface area contributed by atoms with Crippen LogP contribution in [0.3, 0.4) is 0 Å². The molecule has 2 rings (SSSR count). The van der Waals surface area contributed by atoms with Gasteiger partial charge in [0.05, 0.1) is 22.5 Å². The zero-order chi connectivity index (χ0) is 15.4. The largest absolute Gasteiger partial charge is 0.478 e. The first kappa shape index (κ1) is 14.8. The van der Waals surface area contributed by atoms with Gasteiger partial charge >= 0.3 is 5.97 Å². The predicted octanol–water partition coefficient (Wildman–Crippen LogP) is 2.42. The molecule has 1 aromatic heterocycles. The second-order valence-electron chi connectivity index (χ2n) is 4.27. The Labute approximate surface area is 125 Å². The number of aromatic nitrogens is 2. The second-order valence-corrected chi connectivity index (χ2v) is 4.68. The van der Waals surface area contributed by atoms with E-state index in [2.05, 4.69) is 10.4 Å². The van der Waals surface area contributed by atoms with Gasteiger partial charge in [-0.25, -0.2) is 4.79 Å². The van der Waals surface area contributed by atoms with Gasteiger partial charge in [-0.2, -0.15) is 5.10 Å². The van der Waals surface area contributed by atoms with Crippen LogP contribution in [-0.2, 0) is 11.8 Å². The molecule has 7 heteroatoms. The lowest BCUT2D eigenvalue weighted by Crippen LogP contribution is -2.08. The molecule has 6 nitrogen and oxygen atoms in total. The van der Waals surface area contributed by atoms with E-state index < -0.39 is 5.97 Å². The molecule has 0 aliphatic carbocycles. The molecule has 0 aliphatic rings. The van der Waals surface area contributed by atoms with Gasteiger partial charge in [0.1, 0.15) is 0 Å². The fraction of sp³-hybridized carbons (Fsp3) is 0.0714. The maximum absolute atomic E-state index is 11.8. The highest BCUT2D eigenvalue weighted by Crippen LogP contribution is 2.23. The third kappa shape index (κ3) is 3.93. The molecule has 1 heterocycles. The third-order valence-corrected chi connectivity index (χ3v) is 2.94. The summed E-state index contributed by atoms with van der Waals surface area (Å²) < 4.78 is 1.62. The quantitative estimate of drug-likeness (QED) is 0.850. The van der Waals surface area contributed by atoms with E-state index in [1.807, 2.05) is 0 Å². The first-order valence-electron chi connectivity index (χ1n) is 5.96. The molecule has 0 saturated carbocycles. The van der Waals surface area contributed by atoms with Gasteiger partial charge in [-0.05, 0) is 24.3 Å². The molecule has 0 spiro atoms. The lowest BCUT2D eigenvalue weighted by molar-refractivity contribution is -0.111. The van der Waals surface area contributed by atoms with Crippen LogP contribution < -0.4 is 5.32 Å². The molecule has 1 amide bonds. The number of aromatic carboxylic acids is 1. The molecule has 0 saturated heterocycles. The van der Waals surface area contributed by atoms with Crippen molar-refractivity contribution < 1.29 is 14.7 Å². The maximum Gasteiger partial charge on any atom is 0.335 e. The SMILES string of the molecule is Cn1cc(C=CC(=O)Nc2ccc(C(=O)O)cc2Cl)cn1. The van der Waals surface area contributed by atoms with E-state index in [-0.39, 0.29) is 16.5 Å². The normalized spacial score (nSPS) is 10.8. The molecule has 0 atom stereocenters. The summed E-state index contributed by atoms with van der Waals surface area (Å²) in [6.45, 7) is 0. The number of carbonyl (C=O) groups excluding carboxylic acids is 1. The Hall–Kier alpha value is -2.60. The van der Waals surface area contributed by atoms with E-state index in [0.717, 1.165) is 5.56 Å². The van der Waals surface area contributed by atoms with E-state index in [0.29, 0.717) is 5.69 Å². The molecule has 1 aromatic carbocycles. The smallest absolute Gasteiger partial charge is 0.335 e. The summed E-state index contributed by atoms with van der Waals surface area (Å²) in [7, 11) is 1.78. The number of carbonyl (C=O) groups is 2. The summed E-state index contributed by atoms with van der Waals surface area (Å²) >= 11 is 5.92. The van der Waals surface area contributed by atoms with Crippen LogP contribution in [0.4, 0.5) is 5.69 Å². The molecule has 108 valence electrons. The number of carboxylic acid groups (broad SMARTS) is 1. The first-order chi connectivity index (χ1) is 9.95. The summed E-state index contributed by atoms with van der Waals surface area (Å²) in [6.07, 6.45) is 6.34. The molecule has 21 heavy (non-hydrogen) atoms. The Morgan fingerprint density at radius 3 is 2.76 bits per heavy atom. The molecule has 0 aliphatic heterocycles. The van der Waals surface area contributed by atoms with Crippen molar-refractivity contribution in [3.05, 3.63) is 52.8 Å². The average molecular weight is 306 g/mol. The van der Waals surface area contributed by atoms with Gasteiger partial charge in [-0.1, -0.05) is 11.6 Å².